The Labute approximate surface area is 120 Å². The Bertz CT molecular complexity index is 519. The average molecular weight is 327 g/mol. The summed E-state index contributed by atoms with van der Waals surface area (Å²) in [5.74, 6) is 0.394. The van der Waals surface area contributed by atoms with E-state index in [9.17, 15) is 9.59 Å². The lowest BCUT2D eigenvalue weighted by Gasteiger charge is -2.34. The number of hydrogen-bond donors (Lipinski definition) is 1. The zero-order valence-corrected chi connectivity index (χ0v) is 12.4. The molecule has 1 aromatic rings. The number of ether oxygens (including phenoxy) is 1. The SMILES string of the molecule is CCC1C(=O)NCC(=O)N1c1cc(Br)cc(OC)c1. The maximum absolute atomic E-state index is 12.1. The molecule has 1 saturated heterocycles. The van der Waals surface area contributed by atoms with Crippen LogP contribution in [0.4, 0.5) is 5.69 Å². The van der Waals surface area contributed by atoms with E-state index < -0.39 is 6.04 Å². The van der Waals surface area contributed by atoms with E-state index in [1.165, 1.54) is 4.90 Å². The van der Waals surface area contributed by atoms with Crippen molar-refractivity contribution in [1.29, 1.82) is 0 Å². The van der Waals surface area contributed by atoms with Crippen molar-refractivity contribution in [1.82, 2.24) is 5.32 Å². The van der Waals surface area contributed by atoms with Gasteiger partial charge in [-0.15, -0.1) is 0 Å². The Kier molecular flexibility index (Phi) is 4.09. The van der Waals surface area contributed by atoms with Crippen molar-refractivity contribution < 1.29 is 14.3 Å². The van der Waals surface area contributed by atoms with Crippen LogP contribution in [0.2, 0.25) is 0 Å². The second kappa shape index (κ2) is 5.61. The fourth-order valence-electron chi connectivity index (χ4n) is 2.15. The summed E-state index contributed by atoms with van der Waals surface area (Å²) in [6, 6.07) is 4.89. The number of anilines is 1. The number of carbonyl (C=O) groups is 2. The number of rotatable bonds is 3. The summed E-state index contributed by atoms with van der Waals surface area (Å²) >= 11 is 3.38. The minimum Gasteiger partial charge on any atom is -0.497 e. The highest BCUT2D eigenvalue weighted by Crippen LogP contribution is 2.29. The molecule has 1 aliphatic heterocycles. The zero-order chi connectivity index (χ0) is 14.0. The van der Waals surface area contributed by atoms with Crippen molar-refractivity contribution in [3.8, 4) is 5.75 Å². The van der Waals surface area contributed by atoms with Crippen molar-refractivity contribution in [2.45, 2.75) is 19.4 Å². The molecular formula is C13H15BrN2O3. The molecule has 0 radical (unpaired) electrons. The van der Waals surface area contributed by atoms with E-state index >= 15 is 0 Å². The number of benzene rings is 1. The van der Waals surface area contributed by atoms with Gasteiger partial charge in [0.15, 0.2) is 0 Å². The molecule has 6 heteroatoms. The summed E-state index contributed by atoms with van der Waals surface area (Å²) < 4.78 is 5.99. The van der Waals surface area contributed by atoms with Crippen LogP contribution in [0.1, 0.15) is 13.3 Å². The van der Waals surface area contributed by atoms with Gasteiger partial charge in [-0.2, -0.15) is 0 Å². The van der Waals surface area contributed by atoms with Crippen molar-refractivity contribution in [2.75, 3.05) is 18.6 Å². The van der Waals surface area contributed by atoms with Crippen molar-refractivity contribution >= 4 is 33.4 Å². The molecular weight excluding hydrogens is 312 g/mol. The van der Waals surface area contributed by atoms with Crippen LogP contribution in [0.5, 0.6) is 5.75 Å². The molecule has 0 saturated carbocycles. The highest BCUT2D eigenvalue weighted by Gasteiger charge is 2.34. The van der Waals surface area contributed by atoms with E-state index in [0.29, 0.717) is 17.9 Å². The van der Waals surface area contributed by atoms with Crippen LogP contribution in [-0.2, 0) is 9.59 Å². The minimum atomic E-state index is -0.472. The largest absolute Gasteiger partial charge is 0.497 e. The number of amides is 2. The van der Waals surface area contributed by atoms with Crippen LogP contribution in [0.3, 0.4) is 0 Å². The van der Waals surface area contributed by atoms with Gasteiger partial charge in [0, 0.05) is 16.2 Å². The van der Waals surface area contributed by atoms with Crippen LogP contribution in [0.15, 0.2) is 22.7 Å². The van der Waals surface area contributed by atoms with Gasteiger partial charge in [-0.25, -0.2) is 0 Å². The van der Waals surface area contributed by atoms with Gasteiger partial charge in [-0.3, -0.25) is 14.5 Å². The smallest absolute Gasteiger partial charge is 0.247 e. The van der Waals surface area contributed by atoms with Gasteiger partial charge in [0.05, 0.1) is 13.7 Å². The normalized spacial score (nSPS) is 19.3. The maximum atomic E-state index is 12.1. The fraction of sp³-hybridized carbons (Fsp3) is 0.385. The molecule has 1 fully saturated rings. The molecule has 1 N–H and O–H groups in total. The molecule has 2 amide bonds. The molecule has 5 nitrogen and oxygen atoms in total. The van der Waals surface area contributed by atoms with Gasteiger partial charge in [-0.05, 0) is 18.6 Å². The summed E-state index contributed by atoms with van der Waals surface area (Å²) in [6.07, 6.45) is 0.562. The van der Waals surface area contributed by atoms with Crippen LogP contribution in [0, 0.1) is 0 Å². The molecule has 2 rings (SSSR count). The molecule has 19 heavy (non-hydrogen) atoms. The molecule has 0 aliphatic carbocycles. The van der Waals surface area contributed by atoms with Gasteiger partial charge in [0.25, 0.3) is 0 Å². The van der Waals surface area contributed by atoms with Crippen LogP contribution in [0.25, 0.3) is 0 Å². The third kappa shape index (κ3) is 2.73. The first-order valence-corrected chi connectivity index (χ1v) is 6.80. The Morgan fingerprint density at radius 2 is 2.16 bits per heavy atom. The van der Waals surface area contributed by atoms with Crippen molar-refractivity contribution in [2.24, 2.45) is 0 Å². The monoisotopic (exact) mass is 326 g/mol. The number of nitrogens with zero attached hydrogens (tertiary/aromatic N) is 1. The lowest BCUT2D eigenvalue weighted by molar-refractivity contribution is -0.131. The quantitative estimate of drug-likeness (QED) is 0.919. The minimum absolute atomic E-state index is 0.0319. The first-order valence-electron chi connectivity index (χ1n) is 6.01. The Hall–Kier alpha value is -1.56. The molecule has 1 heterocycles. The van der Waals surface area contributed by atoms with E-state index in [0.717, 1.165) is 4.47 Å². The second-order valence-electron chi connectivity index (χ2n) is 4.25. The van der Waals surface area contributed by atoms with Crippen LogP contribution < -0.4 is 15.0 Å². The van der Waals surface area contributed by atoms with E-state index in [-0.39, 0.29) is 18.4 Å². The summed E-state index contributed by atoms with van der Waals surface area (Å²) in [5.41, 5.74) is 0.665. The Morgan fingerprint density at radius 1 is 1.42 bits per heavy atom. The number of piperazine rings is 1. The number of methoxy groups -OCH3 is 1. The van der Waals surface area contributed by atoms with Crippen LogP contribution >= 0.6 is 15.9 Å². The average Bonchev–Trinajstić information content (AvgIpc) is 2.40. The standard InChI is InChI=1S/C13H15BrN2O3/c1-3-11-13(18)15-7-12(17)16(11)9-4-8(14)5-10(6-9)19-2/h4-6,11H,3,7H2,1-2H3,(H,15,18). The molecule has 1 aromatic carbocycles. The highest BCUT2D eigenvalue weighted by atomic mass is 79.9. The predicted octanol–water partition coefficient (Wildman–Crippen LogP) is 1.70. The first kappa shape index (κ1) is 13.9. The molecule has 0 aromatic heterocycles. The van der Waals surface area contributed by atoms with E-state index in [2.05, 4.69) is 21.2 Å². The number of nitrogens with one attached hydrogen (secondary N) is 1. The summed E-state index contributed by atoms with van der Waals surface area (Å²) in [6.45, 7) is 1.91. The molecule has 1 aliphatic rings. The zero-order valence-electron chi connectivity index (χ0n) is 10.8. The van der Waals surface area contributed by atoms with Gasteiger partial charge in [0.1, 0.15) is 11.8 Å². The van der Waals surface area contributed by atoms with Crippen LogP contribution in [-0.4, -0.2) is 31.5 Å². The summed E-state index contributed by atoms with van der Waals surface area (Å²) in [5, 5.41) is 2.60. The van der Waals surface area contributed by atoms with E-state index in [1.54, 1.807) is 19.2 Å². The van der Waals surface area contributed by atoms with Gasteiger partial charge >= 0.3 is 0 Å². The van der Waals surface area contributed by atoms with Gasteiger partial charge in [0.2, 0.25) is 11.8 Å². The third-order valence-electron chi connectivity index (χ3n) is 3.05. The molecule has 0 spiro atoms. The molecule has 1 unspecified atom stereocenters. The topological polar surface area (TPSA) is 58.6 Å². The first-order chi connectivity index (χ1) is 9.06. The van der Waals surface area contributed by atoms with E-state index in [1.807, 2.05) is 13.0 Å². The Morgan fingerprint density at radius 3 is 2.79 bits per heavy atom. The Balaban J connectivity index is 2.44. The number of halogens is 1. The molecule has 0 bridgehead atoms. The summed E-state index contributed by atoms with van der Waals surface area (Å²) in [7, 11) is 1.56. The van der Waals surface area contributed by atoms with Gasteiger partial charge in [-0.1, -0.05) is 22.9 Å². The lowest BCUT2D eigenvalue weighted by Crippen LogP contribution is -2.58. The highest BCUT2D eigenvalue weighted by molar-refractivity contribution is 9.10. The van der Waals surface area contributed by atoms with Crippen molar-refractivity contribution in [3.63, 3.8) is 0 Å². The number of hydrogen-bond acceptors (Lipinski definition) is 3. The summed E-state index contributed by atoms with van der Waals surface area (Å²) in [4.78, 5) is 25.5. The third-order valence-corrected chi connectivity index (χ3v) is 3.51. The fourth-order valence-corrected chi connectivity index (χ4v) is 2.61. The maximum Gasteiger partial charge on any atom is 0.247 e. The molecule has 1 atom stereocenters. The van der Waals surface area contributed by atoms with Gasteiger partial charge < -0.3 is 10.1 Å². The lowest BCUT2D eigenvalue weighted by atomic mass is 10.1. The van der Waals surface area contributed by atoms with Crippen molar-refractivity contribution in [3.05, 3.63) is 22.7 Å². The second-order valence-corrected chi connectivity index (χ2v) is 5.17. The molecule has 102 valence electrons. The number of carbonyl (C=O) groups excluding carboxylic acids is 2. The van der Waals surface area contributed by atoms with E-state index in [4.69, 9.17) is 4.74 Å². The predicted molar refractivity (Wildman–Crippen MR) is 75.3 cm³/mol.